The second kappa shape index (κ2) is 6.39. The number of ether oxygens (including phenoxy) is 1. The third-order valence-electron chi connectivity index (χ3n) is 4.96. The predicted octanol–water partition coefficient (Wildman–Crippen LogP) is 2.10. The molecule has 0 radical (unpaired) electrons. The van der Waals surface area contributed by atoms with Crippen LogP contribution in [-0.2, 0) is 4.74 Å². The molecule has 2 unspecified atom stereocenters. The number of nitrogens with zero attached hydrogens (tertiary/aromatic N) is 2. The number of fused-ring (bicyclic) bond motifs is 1. The first kappa shape index (κ1) is 15.5. The van der Waals surface area contributed by atoms with Crippen LogP contribution in [0.4, 0.5) is 0 Å². The van der Waals surface area contributed by atoms with E-state index in [1.165, 1.54) is 0 Å². The Bertz CT molecular complexity index is 538. The van der Waals surface area contributed by atoms with Crippen LogP contribution in [0.1, 0.15) is 27.9 Å². The Hall–Kier alpha value is -1.39. The SMILES string of the molecule is COCCN1CC2CCN(C(=O)c3cc(C)cc(C)c3)C2C1. The Kier molecular flexibility index (Phi) is 4.50. The van der Waals surface area contributed by atoms with E-state index in [1.807, 2.05) is 12.1 Å². The van der Waals surface area contributed by atoms with Gasteiger partial charge >= 0.3 is 0 Å². The summed E-state index contributed by atoms with van der Waals surface area (Å²) < 4.78 is 5.17. The molecule has 1 aromatic carbocycles. The van der Waals surface area contributed by atoms with Crippen molar-refractivity contribution >= 4 is 5.91 Å². The van der Waals surface area contributed by atoms with Gasteiger partial charge in [0.15, 0.2) is 0 Å². The minimum atomic E-state index is 0.202. The van der Waals surface area contributed by atoms with Crippen LogP contribution in [0, 0.1) is 19.8 Å². The standard InChI is InChI=1S/C18H26N2O2/c1-13-8-14(2)10-16(9-13)18(21)20-5-4-15-11-19(6-7-22-3)12-17(15)20/h8-10,15,17H,4-7,11-12H2,1-3H3. The summed E-state index contributed by atoms with van der Waals surface area (Å²) in [6, 6.07) is 6.52. The van der Waals surface area contributed by atoms with Crippen LogP contribution in [-0.4, -0.2) is 61.6 Å². The number of carbonyl (C=O) groups excluding carboxylic acids is 1. The minimum absolute atomic E-state index is 0.202. The summed E-state index contributed by atoms with van der Waals surface area (Å²) in [5.41, 5.74) is 3.16. The Labute approximate surface area is 133 Å². The first-order valence-corrected chi connectivity index (χ1v) is 8.19. The lowest BCUT2D eigenvalue weighted by Crippen LogP contribution is -2.40. The number of likely N-dealkylation sites (tertiary alicyclic amines) is 2. The molecule has 1 aromatic rings. The fourth-order valence-corrected chi connectivity index (χ4v) is 3.97. The first-order chi connectivity index (χ1) is 10.6. The van der Waals surface area contributed by atoms with Crippen molar-refractivity contribution < 1.29 is 9.53 Å². The highest BCUT2D eigenvalue weighted by Crippen LogP contribution is 2.32. The van der Waals surface area contributed by atoms with Gasteiger partial charge in [-0.15, -0.1) is 0 Å². The third kappa shape index (κ3) is 3.03. The molecule has 4 nitrogen and oxygen atoms in total. The highest BCUT2D eigenvalue weighted by Gasteiger charge is 2.43. The molecule has 0 aromatic heterocycles. The number of carbonyl (C=O) groups is 1. The lowest BCUT2D eigenvalue weighted by molar-refractivity contribution is 0.0722. The van der Waals surface area contributed by atoms with Gasteiger partial charge in [0, 0.05) is 44.9 Å². The van der Waals surface area contributed by atoms with E-state index < -0.39 is 0 Å². The highest BCUT2D eigenvalue weighted by molar-refractivity contribution is 5.95. The Morgan fingerprint density at radius 1 is 1.23 bits per heavy atom. The molecule has 2 heterocycles. The monoisotopic (exact) mass is 302 g/mol. The van der Waals surface area contributed by atoms with Gasteiger partial charge in [0.2, 0.25) is 0 Å². The van der Waals surface area contributed by atoms with Gasteiger partial charge in [0.1, 0.15) is 0 Å². The van der Waals surface area contributed by atoms with Crippen LogP contribution in [0.25, 0.3) is 0 Å². The van der Waals surface area contributed by atoms with E-state index in [4.69, 9.17) is 4.74 Å². The molecule has 0 saturated carbocycles. The Balaban J connectivity index is 1.71. The zero-order chi connectivity index (χ0) is 15.7. The van der Waals surface area contributed by atoms with Gasteiger partial charge in [-0.1, -0.05) is 17.2 Å². The number of rotatable bonds is 4. The van der Waals surface area contributed by atoms with E-state index in [1.54, 1.807) is 7.11 Å². The number of hydrogen-bond donors (Lipinski definition) is 0. The van der Waals surface area contributed by atoms with Crippen LogP contribution < -0.4 is 0 Å². The molecule has 0 aliphatic carbocycles. The number of benzene rings is 1. The van der Waals surface area contributed by atoms with Crippen molar-refractivity contribution in [3.8, 4) is 0 Å². The van der Waals surface area contributed by atoms with Crippen LogP contribution in [0.15, 0.2) is 18.2 Å². The first-order valence-electron chi connectivity index (χ1n) is 8.19. The molecule has 2 aliphatic rings. The van der Waals surface area contributed by atoms with E-state index in [2.05, 4.69) is 29.7 Å². The maximum Gasteiger partial charge on any atom is 0.254 e. The van der Waals surface area contributed by atoms with E-state index in [0.717, 1.165) is 55.9 Å². The largest absolute Gasteiger partial charge is 0.383 e. The molecule has 3 rings (SSSR count). The van der Waals surface area contributed by atoms with Crippen LogP contribution in [0.2, 0.25) is 0 Å². The number of aryl methyl sites for hydroxylation is 2. The zero-order valence-corrected chi connectivity index (χ0v) is 13.8. The second-order valence-electron chi connectivity index (χ2n) is 6.74. The third-order valence-corrected chi connectivity index (χ3v) is 4.96. The molecule has 2 atom stereocenters. The van der Waals surface area contributed by atoms with Gasteiger partial charge in [-0.2, -0.15) is 0 Å². The van der Waals surface area contributed by atoms with Crippen molar-refractivity contribution in [3.05, 3.63) is 34.9 Å². The summed E-state index contributed by atoms with van der Waals surface area (Å²) in [5.74, 6) is 0.833. The van der Waals surface area contributed by atoms with E-state index >= 15 is 0 Å². The molecule has 0 bridgehead atoms. The van der Waals surface area contributed by atoms with Crippen LogP contribution in [0.3, 0.4) is 0 Å². The van der Waals surface area contributed by atoms with Crippen molar-refractivity contribution in [2.45, 2.75) is 26.3 Å². The molecule has 0 spiro atoms. The van der Waals surface area contributed by atoms with Gasteiger partial charge in [-0.3, -0.25) is 9.69 Å². The summed E-state index contributed by atoms with van der Waals surface area (Å²) >= 11 is 0. The molecule has 0 N–H and O–H groups in total. The van der Waals surface area contributed by atoms with Crippen molar-refractivity contribution in [1.82, 2.24) is 9.80 Å². The molecule has 120 valence electrons. The summed E-state index contributed by atoms with van der Waals surface area (Å²) in [6.45, 7) is 8.84. The highest BCUT2D eigenvalue weighted by atomic mass is 16.5. The predicted molar refractivity (Wildman–Crippen MR) is 87.2 cm³/mol. The lowest BCUT2D eigenvalue weighted by atomic mass is 10.0. The van der Waals surface area contributed by atoms with E-state index in [9.17, 15) is 4.79 Å². The van der Waals surface area contributed by atoms with Crippen LogP contribution >= 0.6 is 0 Å². The number of hydrogen-bond acceptors (Lipinski definition) is 3. The van der Waals surface area contributed by atoms with Gasteiger partial charge in [0.25, 0.3) is 5.91 Å². The average molecular weight is 302 g/mol. The molecular weight excluding hydrogens is 276 g/mol. The molecule has 4 heteroatoms. The normalized spacial score (nSPS) is 24.8. The molecule has 22 heavy (non-hydrogen) atoms. The van der Waals surface area contributed by atoms with Crippen molar-refractivity contribution in [1.29, 1.82) is 0 Å². The van der Waals surface area contributed by atoms with Crippen LogP contribution in [0.5, 0.6) is 0 Å². The summed E-state index contributed by atoms with van der Waals surface area (Å²) in [6.07, 6.45) is 1.13. The molecule has 2 fully saturated rings. The number of methoxy groups -OCH3 is 1. The lowest BCUT2D eigenvalue weighted by Gasteiger charge is -2.25. The maximum atomic E-state index is 12.9. The van der Waals surface area contributed by atoms with Gasteiger partial charge in [-0.05, 0) is 38.3 Å². The Morgan fingerprint density at radius 2 is 1.95 bits per heavy atom. The Morgan fingerprint density at radius 3 is 2.64 bits per heavy atom. The van der Waals surface area contributed by atoms with Gasteiger partial charge in [0.05, 0.1) is 6.61 Å². The smallest absolute Gasteiger partial charge is 0.254 e. The quantitative estimate of drug-likeness (QED) is 0.854. The number of amides is 1. The van der Waals surface area contributed by atoms with E-state index in [-0.39, 0.29) is 5.91 Å². The molecule has 2 aliphatic heterocycles. The molecule has 1 amide bonds. The van der Waals surface area contributed by atoms with Crippen molar-refractivity contribution in [2.75, 3.05) is 39.9 Å². The fourth-order valence-electron chi connectivity index (χ4n) is 3.97. The van der Waals surface area contributed by atoms with Crippen molar-refractivity contribution in [3.63, 3.8) is 0 Å². The summed E-state index contributed by atoms with van der Waals surface area (Å²) in [5, 5.41) is 0. The molecular formula is C18H26N2O2. The van der Waals surface area contributed by atoms with Gasteiger partial charge in [-0.25, -0.2) is 0 Å². The van der Waals surface area contributed by atoms with Gasteiger partial charge < -0.3 is 9.64 Å². The summed E-state index contributed by atoms with van der Waals surface area (Å²) in [4.78, 5) is 17.4. The zero-order valence-electron chi connectivity index (χ0n) is 13.8. The van der Waals surface area contributed by atoms with E-state index in [0.29, 0.717) is 12.0 Å². The van der Waals surface area contributed by atoms with Crippen molar-refractivity contribution in [2.24, 2.45) is 5.92 Å². The topological polar surface area (TPSA) is 32.8 Å². The minimum Gasteiger partial charge on any atom is -0.383 e. The molecule has 2 saturated heterocycles. The maximum absolute atomic E-state index is 12.9. The summed E-state index contributed by atoms with van der Waals surface area (Å²) in [7, 11) is 1.74. The fraction of sp³-hybridized carbons (Fsp3) is 0.611. The average Bonchev–Trinajstić information content (AvgIpc) is 3.03. The second-order valence-corrected chi connectivity index (χ2v) is 6.74.